The van der Waals surface area contributed by atoms with Gasteiger partial charge in [-0.1, -0.05) is 13.0 Å². The molecule has 0 saturated carbocycles. The van der Waals surface area contributed by atoms with Crippen LogP contribution in [0.4, 0.5) is 5.69 Å². The Kier molecular flexibility index (Phi) is 4.76. The minimum absolute atomic E-state index is 0.0157. The van der Waals surface area contributed by atoms with E-state index >= 15 is 0 Å². The molecule has 0 radical (unpaired) electrons. The third kappa shape index (κ3) is 3.68. The molecule has 5 heteroatoms. The minimum Gasteiger partial charge on any atom is -0.497 e. The molecule has 0 spiro atoms. The van der Waals surface area contributed by atoms with Crippen molar-refractivity contribution in [2.45, 2.75) is 13.0 Å². The molecule has 0 bridgehead atoms. The van der Waals surface area contributed by atoms with Gasteiger partial charge >= 0.3 is 0 Å². The van der Waals surface area contributed by atoms with Crippen LogP contribution in [0.25, 0.3) is 0 Å². The Morgan fingerprint density at radius 2 is 2.32 bits per heavy atom. The largest absolute Gasteiger partial charge is 0.497 e. The molecule has 19 heavy (non-hydrogen) atoms. The third-order valence-electron chi connectivity index (χ3n) is 3.38. The first-order chi connectivity index (χ1) is 9.22. The van der Waals surface area contributed by atoms with Gasteiger partial charge in [0.15, 0.2) is 0 Å². The molecule has 2 N–H and O–H groups in total. The van der Waals surface area contributed by atoms with E-state index in [1.807, 2.05) is 24.3 Å². The first-order valence-corrected chi connectivity index (χ1v) is 6.61. The summed E-state index contributed by atoms with van der Waals surface area (Å²) in [5.74, 6) is 0.760. The highest BCUT2D eigenvalue weighted by Crippen LogP contribution is 2.16. The van der Waals surface area contributed by atoms with Crippen molar-refractivity contribution in [3.8, 4) is 5.75 Å². The zero-order chi connectivity index (χ0) is 13.7. The van der Waals surface area contributed by atoms with Gasteiger partial charge in [0.2, 0.25) is 5.91 Å². The van der Waals surface area contributed by atoms with E-state index in [-0.39, 0.29) is 5.91 Å². The predicted octanol–water partition coefficient (Wildman–Crippen LogP) is 0.927. The summed E-state index contributed by atoms with van der Waals surface area (Å²) in [5.41, 5.74) is 0.770. The van der Waals surface area contributed by atoms with Gasteiger partial charge in [0.05, 0.1) is 13.7 Å². The highest BCUT2D eigenvalue weighted by molar-refractivity contribution is 5.92. The summed E-state index contributed by atoms with van der Waals surface area (Å²) < 4.78 is 5.13. The van der Waals surface area contributed by atoms with Crippen LogP contribution < -0.4 is 15.4 Å². The van der Waals surface area contributed by atoms with E-state index in [0.717, 1.165) is 31.1 Å². The minimum atomic E-state index is 0.0157. The number of rotatable bonds is 6. The molecule has 1 aliphatic rings. The van der Waals surface area contributed by atoms with Crippen LogP contribution in [0.1, 0.15) is 6.92 Å². The second-order valence-corrected chi connectivity index (χ2v) is 4.66. The van der Waals surface area contributed by atoms with Crippen molar-refractivity contribution in [2.75, 3.05) is 38.6 Å². The van der Waals surface area contributed by atoms with Crippen molar-refractivity contribution < 1.29 is 9.53 Å². The fourth-order valence-corrected chi connectivity index (χ4v) is 2.12. The Morgan fingerprint density at radius 1 is 1.53 bits per heavy atom. The topological polar surface area (TPSA) is 53.6 Å². The SMILES string of the molecule is CCN(CC(=O)Nc1cccc(OC)c1)C1CNC1. The first kappa shape index (κ1) is 13.8. The van der Waals surface area contributed by atoms with Crippen LogP contribution in [-0.4, -0.2) is 50.1 Å². The van der Waals surface area contributed by atoms with Gasteiger partial charge in [-0.2, -0.15) is 0 Å². The van der Waals surface area contributed by atoms with E-state index in [1.54, 1.807) is 7.11 Å². The van der Waals surface area contributed by atoms with Gasteiger partial charge in [0, 0.05) is 30.9 Å². The number of nitrogens with one attached hydrogen (secondary N) is 2. The summed E-state index contributed by atoms with van der Waals surface area (Å²) in [6.07, 6.45) is 0. The number of anilines is 1. The average Bonchev–Trinajstić information content (AvgIpc) is 2.36. The third-order valence-corrected chi connectivity index (χ3v) is 3.38. The van der Waals surface area contributed by atoms with Gasteiger partial charge in [0.25, 0.3) is 0 Å². The van der Waals surface area contributed by atoms with Crippen molar-refractivity contribution in [1.82, 2.24) is 10.2 Å². The number of nitrogens with zero attached hydrogens (tertiary/aromatic N) is 1. The molecule has 1 heterocycles. The zero-order valence-electron chi connectivity index (χ0n) is 11.5. The molecule has 0 aliphatic carbocycles. The van der Waals surface area contributed by atoms with Crippen LogP contribution in [-0.2, 0) is 4.79 Å². The van der Waals surface area contributed by atoms with Crippen molar-refractivity contribution in [1.29, 1.82) is 0 Å². The molecule has 1 amide bonds. The molecule has 1 saturated heterocycles. The number of benzene rings is 1. The predicted molar refractivity (Wildman–Crippen MR) is 75.5 cm³/mol. The van der Waals surface area contributed by atoms with Gasteiger partial charge in [-0.15, -0.1) is 0 Å². The standard InChI is InChI=1S/C14H21N3O2/c1-3-17(12-8-15-9-12)10-14(18)16-11-5-4-6-13(7-11)19-2/h4-7,12,15H,3,8-10H2,1-2H3,(H,16,18). The molecular weight excluding hydrogens is 242 g/mol. The molecule has 1 fully saturated rings. The average molecular weight is 263 g/mol. The molecule has 2 rings (SSSR count). The zero-order valence-corrected chi connectivity index (χ0v) is 11.5. The second-order valence-electron chi connectivity index (χ2n) is 4.66. The van der Waals surface area contributed by atoms with E-state index in [4.69, 9.17) is 4.74 Å². The maximum Gasteiger partial charge on any atom is 0.238 e. The van der Waals surface area contributed by atoms with Gasteiger partial charge < -0.3 is 15.4 Å². The summed E-state index contributed by atoms with van der Waals surface area (Å²) in [5, 5.41) is 6.13. The van der Waals surface area contributed by atoms with E-state index in [2.05, 4.69) is 22.5 Å². The Bertz CT molecular complexity index is 432. The summed E-state index contributed by atoms with van der Waals surface area (Å²) in [6.45, 7) is 5.34. The number of methoxy groups -OCH3 is 1. The number of hydrogen-bond acceptors (Lipinski definition) is 4. The lowest BCUT2D eigenvalue weighted by Crippen LogP contribution is -2.58. The number of carbonyl (C=O) groups excluding carboxylic acids is 1. The molecule has 0 aromatic heterocycles. The number of carbonyl (C=O) groups is 1. The Morgan fingerprint density at radius 3 is 2.89 bits per heavy atom. The molecule has 1 aliphatic heterocycles. The molecule has 104 valence electrons. The van der Waals surface area contributed by atoms with E-state index in [9.17, 15) is 4.79 Å². The maximum absolute atomic E-state index is 12.0. The second kappa shape index (κ2) is 6.54. The van der Waals surface area contributed by atoms with Crippen molar-refractivity contribution in [3.05, 3.63) is 24.3 Å². The highest BCUT2D eigenvalue weighted by atomic mass is 16.5. The van der Waals surface area contributed by atoms with Gasteiger partial charge in [-0.25, -0.2) is 0 Å². The van der Waals surface area contributed by atoms with Crippen LogP contribution in [0.15, 0.2) is 24.3 Å². The number of hydrogen-bond donors (Lipinski definition) is 2. The van der Waals surface area contributed by atoms with Gasteiger partial charge in [0.1, 0.15) is 5.75 Å². The highest BCUT2D eigenvalue weighted by Gasteiger charge is 2.24. The van der Waals surface area contributed by atoms with Crippen LogP contribution in [0.2, 0.25) is 0 Å². The van der Waals surface area contributed by atoms with Crippen molar-refractivity contribution in [2.24, 2.45) is 0 Å². The number of ether oxygens (including phenoxy) is 1. The number of likely N-dealkylation sites (N-methyl/N-ethyl adjacent to an activating group) is 1. The first-order valence-electron chi connectivity index (χ1n) is 6.61. The smallest absolute Gasteiger partial charge is 0.238 e. The monoisotopic (exact) mass is 263 g/mol. The summed E-state index contributed by atoms with van der Waals surface area (Å²) in [4.78, 5) is 14.2. The molecule has 1 aromatic rings. The van der Waals surface area contributed by atoms with Crippen molar-refractivity contribution >= 4 is 11.6 Å². The quantitative estimate of drug-likeness (QED) is 0.801. The lowest BCUT2D eigenvalue weighted by Gasteiger charge is -2.37. The van der Waals surface area contributed by atoms with E-state index in [1.165, 1.54) is 0 Å². The fourth-order valence-electron chi connectivity index (χ4n) is 2.12. The van der Waals surface area contributed by atoms with E-state index in [0.29, 0.717) is 12.6 Å². The van der Waals surface area contributed by atoms with Crippen molar-refractivity contribution in [3.63, 3.8) is 0 Å². The normalized spacial score (nSPS) is 15.1. The maximum atomic E-state index is 12.0. The Labute approximate surface area is 113 Å². The van der Waals surface area contributed by atoms with Gasteiger partial charge in [-0.05, 0) is 18.7 Å². The Hall–Kier alpha value is -1.59. The lowest BCUT2D eigenvalue weighted by molar-refractivity contribution is -0.118. The Balaban J connectivity index is 1.88. The summed E-state index contributed by atoms with van der Waals surface area (Å²) in [7, 11) is 1.61. The number of amides is 1. The van der Waals surface area contributed by atoms with Crippen LogP contribution in [0, 0.1) is 0 Å². The molecule has 1 aromatic carbocycles. The molecule has 0 unspecified atom stereocenters. The molecule has 0 atom stereocenters. The lowest BCUT2D eigenvalue weighted by atomic mass is 10.1. The van der Waals surface area contributed by atoms with Crippen LogP contribution in [0.5, 0.6) is 5.75 Å². The molecular formula is C14H21N3O2. The summed E-state index contributed by atoms with van der Waals surface area (Å²) in [6, 6.07) is 7.89. The van der Waals surface area contributed by atoms with Gasteiger partial charge in [-0.3, -0.25) is 9.69 Å². The molecule has 5 nitrogen and oxygen atoms in total. The summed E-state index contributed by atoms with van der Waals surface area (Å²) >= 11 is 0. The van der Waals surface area contributed by atoms with Crippen LogP contribution in [0.3, 0.4) is 0 Å². The fraction of sp³-hybridized carbons (Fsp3) is 0.500. The van der Waals surface area contributed by atoms with E-state index < -0.39 is 0 Å². The van der Waals surface area contributed by atoms with Crippen LogP contribution >= 0.6 is 0 Å².